The van der Waals surface area contributed by atoms with Gasteiger partial charge in [-0.15, -0.1) is 10.2 Å². The highest BCUT2D eigenvalue weighted by Crippen LogP contribution is 2.07. The van der Waals surface area contributed by atoms with Crippen molar-refractivity contribution in [3.8, 4) is 0 Å². The zero-order valence-electron chi connectivity index (χ0n) is 12.7. The smallest absolute Gasteiger partial charge is 0.286 e. The lowest BCUT2D eigenvalue weighted by molar-refractivity contribution is 0.101. The second kappa shape index (κ2) is 6.07. The number of nitrogens with one attached hydrogen (secondary N) is 1. The zero-order chi connectivity index (χ0) is 17.2. The molecule has 0 saturated carbocycles. The molecule has 25 heavy (non-hydrogen) atoms. The molecular formula is C15H11FN8O. The fourth-order valence-corrected chi connectivity index (χ4v) is 2.24. The molecule has 0 saturated heterocycles. The van der Waals surface area contributed by atoms with Crippen LogP contribution in [0, 0.1) is 5.82 Å². The molecule has 0 spiro atoms. The summed E-state index contributed by atoms with van der Waals surface area (Å²) >= 11 is 0. The van der Waals surface area contributed by atoms with Crippen molar-refractivity contribution in [1.82, 2.24) is 34.3 Å². The lowest BCUT2D eigenvalue weighted by Gasteiger charge is -2.01. The molecule has 124 valence electrons. The third-order valence-electron chi connectivity index (χ3n) is 3.32. The Morgan fingerprint density at radius 3 is 2.96 bits per heavy atom. The number of fused-ring (bicyclic) bond motifs is 1. The molecule has 3 aromatic heterocycles. The number of rotatable bonds is 4. The number of halogens is 1. The van der Waals surface area contributed by atoms with Crippen LogP contribution >= 0.6 is 0 Å². The van der Waals surface area contributed by atoms with Crippen LogP contribution in [-0.4, -0.2) is 40.3 Å². The van der Waals surface area contributed by atoms with E-state index in [0.29, 0.717) is 12.3 Å². The number of anilines is 1. The number of aromatic nitrogens is 7. The van der Waals surface area contributed by atoms with Crippen LogP contribution in [0.4, 0.5) is 10.3 Å². The normalized spacial score (nSPS) is 10.9. The van der Waals surface area contributed by atoms with E-state index < -0.39 is 5.91 Å². The highest BCUT2D eigenvalue weighted by Gasteiger charge is 2.15. The molecule has 4 aromatic rings. The van der Waals surface area contributed by atoms with E-state index in [1.165, 1.54) is 27.7 Å². The van der Waals surface area contributed by atoms with E-state index in [9.17, 15) is 9.18 Å². The molecule has 4 rings (SSSR count). The minimum Gasteiger partial charge on any atom is -0.286 e. The number of benzene rings is 1. The molecule has 0 aliphatic heterocycles. The Morgan fingerprint density at radius 1 is 1.20 bits per heavy atom. The Bertz CT molecular complexity index is 1020. The molecule has 0 fully saturated rings. The lowest BCUT2D eigenvalue weighted by Crippen LogP contribution is -2.15. The van der Waals surface area contributed by atoms with Gasteiger partial charge in [-0.2, -0.15) is 4.98 Å². The maximum atomic E-state index is 13.2. The predicted molar refractivity (Wildman–Crippen MR) is 84.3 cm³/mol. The molecule has 10 heteroatoms. The van der Waals surface area contributed by atoms with E-state index in [4.69, 9.17) is 0 Å². The first kappa shape index (κ1) is 14.9. The fraction of sp³-hybridized carbons (Fsp3) is 0.0667. The van der Waals surface area contributed by atoms with Gasteiger partial charge < -0.3 is 0 Å². The molecule has 0 aliphatic carbocycles. The first-order valence-electron chi connectivity index (χ1n) is 7.30. The van der Waals surface area contributed by atoms with Gasteiger partial charge in [-0.05, 0) is 23.8 Å². The molecule has 0 unspecified atom stereocenters. The molecule has 0 bridgehead atoms. The summed E-state index contributed by atoms with van der Waals surface area (Å²) in [6.45, 7) is 0.331. The van der Waals surface area contributed by atoms with Gasteiger partial charge in [-0.3, -0.25) is 10.1 Å². The lowest BCUT2D eigenvalue weighted by atomic mass is 10.2. The Kier molecular flexibility index (Phi) is 3.61. The van der Waals surface area contributed by atoms with E-state index in [1.807, 2.05) is 0 Å². The van der Waals surface area contributed by atoms with Crippen LogP contribution in [0.3, 0.4) is 0 Å². The summed E-state index contributed by atoms with van der Waals surface area (Å²) < 4.78 is 16.1. The SMILES string of the molecule is O=C(Nc1ncn(Cc2cccc(F)c2)n1)c1nc2ncccn2n1. The number of carbonyl (C=O) groups excluding carboxylic acids is 1. The van der Waals surface area contributed by atoms with E-state index >= 15 is 0 Å². The van der Waals surface area contributed by atoms with Crippen LogP contribution in [0.5, 0.6) is 0 Å². The van der Waals surface area contributed by atoms with Gasteiger partial charge in [-0.25, -0.2) is 23.6 Å². The van der Waals surface area contributed by atoms with Crippen molar-refractivity contribution in [2.24, 2.45) is 0 Å². The Hall–Kier alpha value is -3.69. The van der Waals surface area contributed by atoms with Crippen molar-refractivity contribution >= 4 is 17.6 Å². The summed E-state index contributed by atoms with van der Waals surface area (Å²) in [4.78, 5) is 24.2. The second-order valence-corrected chi connectivity index (χ2v) is 5.15. The molecular weight excluding hydrogens is 327 g/mol. The topological polar surface area (TPSA) is 103 Å². The van der Waals surface area contributed by atoms with E-state index in [2.05, 4.69) is 30.5 Å². The van der Waals surface area contributed by atoms with Crippen molar-refractivity contribution in [3.05, 3.63) is 66.3 Å². The summed E-state index contributed by atoms with van der Waals surface area (Å²) in [5.74, 6) is -0.489. The highest BCUT2D eigenvalue weighted by molar-refractivity contribution is 6.00. The van der Waals surface area contributed by atoms with Gasteiger partial charge in [-0.1, -0.05) is 12.1 Å². The van der Waals surface area contributed by atoms with E-state index in [0.717, 1.165) is 5.56 Å². The van der Waals surface area contributed by atoms with E-state index in [-0.39, 0.29) is 17.6 Å². The number of nitrogens with zero attached hydrogens (tertiary/aromatic N) is 7. The highest BCUT2D eigenvalue weighted by atomic mass is 19.1. The van der Waals surface area contributed by atoms with Crippen LogP contribution in [0.2, 0.25) is 0 Å². The van der Waals surface area contributed by atoms with Crippen LogP contribution in [-0.2, 0) is 6.54 Å². The van der Waals surface area contributed by atoms with Crippen LogP contribution in [0.25, 0.3) is 5.78 Å². The monoisotopic (exact) mass is 338 g/mol. The van der Waals surface area contributed by atoms with Crippen molar-refractivity contribution in [2.45, 2.75) is 6.54 Å². The maximum absolute atomic E-state index is 13.2. The minimum atomic E-state index is -0.547. The number of carbonyl (C=O) groups is 1. The average Bonchev–Trinajstić information content (AvgIpc) is 3.21. The minimum absolute atomic E-state index is 0.0415. The number of hydrogen-bond acceptors (Lipinski definition) is 6. The van der Waals surface area contributed by atoms with Crippen molar-refractivity contribution in [2.75, 3.05) is 5.32 Å². The number of amides is 1. The first-order valence-corrected chi connectivity index (χ1v) is 7.30. The molecule has 1 aromatic carbocycles. The molecule has 0 radical (unpaired) electrons. The van der Waals surface area contributed by atoms with Crippen molar-refractivity contribution in [3.63, 3.8) is 0 Å². The van der Waals surface area contributed by atoms with Gasteiger partial charge in [0.2, 0.25) is 11.8 Å². The van der Waals surface area contributed by atoms with Gasteiger partial charge in [0.15, 0.2) is 0 Å². The Balaban J connectivity index is 1.47. The summed E-state index contributed by atoms with van der Waals surface area (Å²) in [5, 5.41) is 10.7. The third-order valence-corrected chi connectivity index (χ3v) is 3.32. The maximum Gasteiger partial charge on any atom is 0.297 e. The molecule has 0 atom stereocenters. The van der Waals surface area contributed by atoms with Crippen LogP contribution < -0.4 is 5.32 Å². The summed E-state index contributed by atoms with van der Waals surface area (Å²) in [7, 11) is 0. The summed E-state index contributed by atoms with van der Waals surface area (Å²) in [5.41, 5.74) is 0.732. The molecule has 0 aliphatic rings. The molecule has 9 nitrogen and oxygen atoms in total. The van der Waals surface area contributed by atoms with E-state index in [1.54, 1.807) is 30.6 Å². The largest absolute Gasteiger partial charge is 0.297 e. The summed E-state index contributed by atoms with van der Waals surface area (Å²) in [6, 6.07) is 7.85. The van der Waals surface area contributed by atoms with Crippen molar-refractivity contribution in [1.29, 1.82) is 0 Å². The molecule has 3 heterocycles. The second-order valence-electron chi connectivity index (χ2n) is 5.15. The fourth-order valence-electron chi connectivity index (χ4n) is 2.24. The quantitative estimate of drug-likeness (QED) is 0.599. The zero-order valence-corrected chi connectivity index (χ0v) is 12.7. The van der Waals surface area contributed by atoms with Gasteiger partial charge >= 0.3 is 0 Å². The number of hydrogen-bond donors (Lipinski definition) is 1. The van der Waals surface area contributed by atoms with Gasteiger partial charge in [0, 0.05) is 12.4 Å². The van der Waals surface area contributed by atoms with Gasteiger partial charge in [0.25, 0.3) is 11.7 Å². The van der Waals surface area contributed by atoms with Gasteiger partial charge in [0.05, 0.1) is 6.54 Å². The average molecular weight is 338 g/mol. The summed E-state index contributed by atoms with van der Waals surface area (Å²) in [6.07, 6.45) is 4.64. The van der Waals surface area contributed by atoms with Crippen LogP contribution in [0.15, 0.2) is 49.1 Å². The molecule has 1 N–H and O–H groups in total. The standard InChI is InChI=1S/C15H11FN8O/c16-11-4-1-3-10(7-11)8-23-9-18-14(22-23)20-13(25)12-19-15-17-5-2-6-24(15)21-12/h1-7,9H,8H2,(H,20,22,25). The first-order chi connectivity index (χ1) is 12.2. The van der Waals surface area contributed by atoms with Gasteiger partial charge in [0.1, 0.15) is 12.1 Å². The predicted octanol–water partition coefficient (Wildman–Crippen LogP) is 1.16. The van der Waals surface area contributed by atoms with Crippen molar-refractivity contribution < 1.29 is 9.18 Å². The Labute approximate surface area is 140 Å². The Morgan fingerprint density at radius 2 is 2.12 bits per heavy atom. The third kappa shape index (κ3) is 3.17. The van der Waals surface area contributed by atoms with Crippen LogP contribution in [0.1, 0.15) is 16.2 Å². The molecule has 1 amide bonds.